The molecule has 0 spiro atoms. The molecule has 1 aromatic heterocycles. The van der Waals surface area contributed by atoms with E-state index in [0.717, 1.165) is 12.3 Å². The fraction of sp³-hybridized carbons (Fsp3) is 0.222. The summed E-state index contributed by atoms with van der Waals surface area (Å²) in [5.74, 6) is -1.11. The Labute approximate surface area is 95.7 Å². The second kappa shape index (κ2) is 4.89. The van der Waals surface area contributed by atoms with Crippen LogP contribution in [0.1, 0.15) is 12.5 Å². The first kappa shape index (κ1) is 12.4. The van der Waals surface area contributed by atoms with Crippen molar-refractivity contribution in [2.24, 2.45) is 0 Å². The van der Waals surface area contributed by atoms with E-state index >= 15 is 0 Å². The maximum absolute atomic E-state index is 10.6. The number of aliphatic carboxylic acids is 1. The van der Waals surface area contributed by atoms with E-state index in [4.69, 9.17) is 10.4 Å². The molecule has 1 rings (SSSR count). The van der Waals surface area contributed by atoms with Gasteiger partial charge in [0, 0.05) is 6.07 Å². The van der Waals surface area contributed by atoms with Gasteiger partial charge >= 0.3 is 5.97 Å². The second-order valence-electron chi connectivity index (χ2n) is 3.16. The Hall–Kier alpha value is -2.69. The van der Waals surface area contributed by atoms with E-state index in [-0.39, 0.29) is 17.1 Å². The van der Waals surface area contributed by atoms with E-state index in [1.807, 2.05) is 0 Å². The first-order chi connectivity index (χ1) is 7.95. The molecule has 0 amide bonds. The van der Waals surface area contributed by atoms with Crippen LogP contribution in [0.4, 0.5) is 11.5 Å². The molecule has 0 saturated heterocycles. The number of carbonyl (C=O) groups is 1. The van der Waals surface area contributed by atoms with Gasteiger partial charge in [-0.1, -0.05) is 0 Å². The number of pyridine rings is 1. The molecule has 0 aromatic carbocycles. The molecule has 8 heteroatoms. The van der Waals surface area contributed by atoms with Crippen molar-refractivity contribution in [1.82, 2.24) is 4.98 Å². The molecule has 88 valence electrons. The maximum atomic E-state index is 10.6. The van der Waals surface area contributed by atoms with Crippen molar-refractivity contribution in [3.63, 3.8) is 0 Å². The minimum atomic E-state index is -1.12. The molecular weight excluding hydrogens is 228 g/mol. The fourth-order valence-electron chi connectivity index (χ4n) is 1.02. The van der Waals surface area contributed by atoms with Crippen LogP contribution in [0, 0.1) is 21.4 Å². The van der Waals surface area contributed by atoms with Crippen LogP contribution < -0.4 is 5.32 Å². The SMILES string of the molecule is CC(Nc1ncc([N+](=O)[O-])cc1C#N)C(=O)O. The highest BCUT2D eigenvalue weighted by atomic mass is 16.6. The average Bonchev–Trinajstić information content (AvgIpc) is 2.28. The summed E-state index contributed by atoms with van der Waals surface area (Å²) in [6.45, 7) is 1.37. The maximum Gasteiger partial charge on any atom is 0.325 e. The van der Waals surface area contributed by atoms with Gasteiger partial charge in [0.25, 0.3) is 5.69 Å². The molecule has 0 radical (unpaired) electrons. The monoisotopic (exact) mass is 236 g/mol. The molecule has 0 aliphatic heterocycles. The molecule has 1 aromatic rings. The van der Waals surface area contributed by atoms with Crippen molar-refractivity contribution in [3.05, 3.63) is 27.9 Å². The Morgan fingerprint density at radius 2 is 2.41 bits per heavy atom. The topological polar surface area (TPSA) is 129 Å². The van der Waals surface area contributed by atoms with E-state index in [1.54, 1.807) is 6.07 Å². The summed E-state index contributed by atoms with van der Waals surface area (Å²) in [5.41, 5.74) is -0.401. The lowest BCUT2D eigenvalue weighted by Gasteiger charge is -2.10. The predicted octanol–water partition coefficient (Wildman–Crippen LogP) is 0.746. The third-order valence-corrected chi connectivity index (χ3v) is 1.93. The van der Waals surface area contributed by atoms with Gasteiger partial charge in [0.2, 0.25) is 0 Å². The summed E-state index contributed by atoms with van der Waals surface area (Å²) in [4.78, 5) is 24.0. The van der Waals surface area contributed by atoms with Gasteiger partial charge in [0.1, 0.15) is 29.7 Å². The molecule has 0 aliphatic rings. The Morgan fingerprint density at radius 3 is 2.88 bits per heavy atom. The highest BCUT2D eigenvalue weighted by Crippen LogP contribution is 2.18. The molecule has 0 saturated carbocycles. The van der Waals surface area contributed by atoms with E-state index < -0.39 is 16.9 Å². The zero-order valence-corrected chi connectivity index (χ0v) is 8.75. The average molecular weight is 236 g/mol. The number of nitriles is 1. The number of aromatic nitrogens is 1. The normalized spacial score (nSPS) is 11.3. The minimum absolute atomic E-state index is 0.00741. The Balaban J connectivity index is 3.06. The lowest BCUT2D eigenvalue weighted by atomic mass is 10.2. The molecule has 8 nitrogen and oxygen atoms in total. The molecule has 0 aliphatic carbocycles. The number of rotatable bonds is 4. The summed E-state index contributed by atoms with van der Waals surface area (Å²) in [6, 6.07) is 1.80. The second-order valence-corrected chi connectivity index (χ2v) is 3.16. The molecule has 1 unspecified atom stereocenters. The molecule has 1 atom stereocenters. The van der Waals surface area contributed by atoms with Crippen molar-refractivity contribution < 1.29 is 14.8 Å². The summed E-state index contributed by atoms with van der Waals surface area (Å²) < 4.78 is 0. The quantitative estimate of drug-likeness (QED) is 0.582. The predicted molar refractivity (Wildman–Crippen MR) is 56.3 cm³/mol. The van der Waals surface area contributed by atoms with Gasteiger partial charge in [-0.2, -0.15) is 5.26 Å². The Morgan fingerprint density at radius 1 is 1.76 bits per heavy atom. The van der Waals surface area contributed by atoms with Gasteiger partial charge in [-0.05, 0) is 6.92 Å². The summed E-state index contributed by atoms with van der Waals surface area (Å²) >= 11 is 0. The van der Waals surface area contributed by atoms with Crippen LogP contribution in [0.3, 0.4) is 0 Å². The van der Waals surface area contributed by atoms with E-state index in [9.17, 15) is 14.9 Å². The molecular formula is C9H8N4O4. The van der Waals surface area contributed by atoms with E-state index in [2.05, 4.69) is 10.3 Å². The first-order valence-electron chi connectivity index (χ1n) is 4.49. The van der Waals surface area contributed by atoms with Crippen molar-refractivity contribution in [2.75, 3.05) is 5.32 Å². The molecule has 2 N–H and O–H groups in total. The highest BCUT2D eigenvalue weighted by molar-refractivity contribution is 5.77. The Kier molecular flexibility index (Phi) is 3.56. The number of hydrogen-bond donors (Lipinski definition) is 2. The van der Waals surface area contributed by atoms with Gasteiger partial charge in [0.05, 0.1) is 4.92 Å². The molecule has 17 heavy (non-hydrogen) atoms. The number of anilines is 1. The zero-order valence-electron chi connectivity index (χ0n) is 8.75. The number of nitro groups is 1. The van der Waals surface area contributed by atoms with Crippen LogP contribution in [0.15, 0.2) is 12.3 Å². The minimum Gasteiger partial charge on any atom is -0.480 e. The van der Waals surface area contributed by atoms with Crippen LogP contribution in [0.25, 0.3) is 0 Å². The van der Waals surface area contributed by atoms with Crippen LogP contribution in [0.5, 0.6) is 0 Å². The number of carboxylic acids is 1. The fourth-order valence-corrected chi connectivity index (χ4v) is 1.02. The number of carboxylic acid groups (broad SMARTS) is 1. The van der Waals surface area contributed by atoms with E-state index in [0.29, 0.717) is 0 Å². The van der Waals surface area contributed by atoms with Crippen molar-refractivity contribution in [3.8, 4) is 6.07 Å². The third kappa shape index (κ3) is 2.88. The zero-order chi connectivity index (χ0) is 13.0. The highest BCUT2D eigenvalue weighted by Gasteiger charge is 2.16. The van der Waals surface area contributed by atoms with Crippen LogP contribution >= 0.6 is 0 Å². The smallest absolute Gasteiger partial charge is 0.325 e. The first-order valence-corrected chi connectivity index (χ1v) is 4.49. The summed E-state index contributed by atoms with van der Waals surface area (Å²) in [6.07, 6.45) is 0.956. The summed E-state index contributed by atoms with van der Waals surface area (Å²) in [7, 11) is 0. The lowest BCUT2D eigenvalue weighted by molar-refractivity contribution is -0.385. The number of nitrogens with one attached hydrogen (secondary N) is 1. The summed E-state index contributed by atoms with van der Waals surface area (Å²) in [5, 5.41) is 30.4. The molecule has 1 heterocycles. The van der Waals surface area contributed by atoms with Crippen molar-refractivity contribution >= 4 is 17.5 Å². The van der Waals surface area contributed by atoms with Gasteiger partial charge in [0.15, 0.2) is 0 Å². The number of nitrogens with zero attached hydrogens (tertiary/aromatic N) is 3. The lowest BCUT2D eigenvalue weighted by Crippen LogP contribution is -2.26. The third-order valence-electron chi connectivity index (χ3n) is 1.93. The number of hydrogen-bond acceptors (Lipinski definition) is 6. The molecule has 0 bridgehead atoms. The van der Waals surface area contributed by atoms with Gasteiger partial charge in [-0.15, -0.1) is 0 Å². The van der Waals surface area contributed by atoms with Gasteiger partial charge in [-0.3, -0.25) is 14.9 Å². The van der Waals surface area contributed by atoms with Crippen LogP contribution in [-0.2, 0) is 4.79 Å². The standard InChI is InChI=1S/C9H8N4O4/c1-5(9(14)15)12-8-6(3-10)2-7(4-11-8)13(16)17/h2,4-5H,1H3,(H,11,12)(H,14,15). The molecule has 0 fully saturated rings. The van der Waals surface area contributed by atoms with Crippen molar-refractivity contribution in [1.29, 1.82) is 5.26 Å². The van der Waals surface area contributed by atoms with E-state index in [1.165, 1.54) is 6.92 Å². The van der Waals surface area contributed by atoms with Crippen LogP contribution in [-0.4, -0.2) is 27.0 Å². The van der Waals surface area contributed by atoms with Crippen molar-refractivity contribution in [2.45, 2.75) is 13.0 Å². The van der Waals surface area contributed by atoms with Gasteiger partial charge < -0.3 is 10.4 Å². The van der Waals surface area contributed by atoms with Crippen LogP contribution in [0.2, 0.25) is 0 Å². The van der Waals surface area contributed by atoms with Gasteiger partial charge in [-0.25, -0.2) is 4.98 Å². The Bertz CT molecular complexity index is 508. The largest absolute Gasteiger partial charge is 0.480 e.